The van der Waals surface area contributed by atoms with Crippen molar-refractivity contribution < 1.29 is 9.47 Å². The van der Waals surface area contributed by atoms with Crippen molar-refractivity contribution >= 4 is 0 Å². The third-order valence-corrected chi connectivity index (χ3v) is 4.50. The Morgan fingerprint density at radius 1 is 1.40 bits per heavy atom. The van der Waals surface area contributed by atoms with Gasteiger partial charge in [0.25, 0.3) is 0 Å². The fourth-order valence-electron chi connectivity index (χ4n) is 3.51. The Morgan fingerprint density at radius 2 is 2.20 bits per heavy atom. The number of methoxy groups -OCH3 is 1. The van der Waals surface area contributed by atoms with Gasteiger partial charge in [0.05, 0.1) is 5.60 Å². The number of hydrogen-bond donors (Lipinski definition) is 0. The Kier molecular flexibility index (Phi) is 4.34. The first kappa shape index (κ1) is 14.0. The summed E-state index contributed by atoms with van der Waals surface area (Å²) >= 11 is 0. The second-order valence-electron chi connectivity index (χ2n) is 6.17. The van der Waals surface area contributed by atoms with Crippen LogP contribution in [0.25, 0.3) is 0 Å². The summed E-state index contributed by atoms with van der Waals surface area (Å²) in [6.45, 7) is 4.94. The second-order valence-corrected chi connectivity index (χ2v) is 6.17. The fourth-order valence-corrected chi connectivity index (χ4v) is 3.51. The number of rotatable bonds is 5. The van der Waals surface area contributed by atoms with Crippen molar-refractivity contribution in [1.29, 1.82) is 0 Å². The van der Waals surface area contributed by atoms with Crippen LogP contribution in [0.1, 0.15) is 24.8 Å². The molecule has 1 spiro atoms. The van der Waals surface area contributed by atoms with Crippen molar-refractivity contribution in [3.8, 4) is 0 Å². The minimum absolute atomic E-state index is 0.129. The van der Waals surface area contributed by atoms with E-state index in [2.05, 4.69) is 22.0 Å². The van der Waals surface area contributed by atoms with E-state index in [-0.39, 0.29) is 5.60 Å². The van der Waals surface area contributed by atoms with Crippen LogP contribution in [-0.4, -0.2) is 48.9 Å². The maximum absolute atomic E-state index is 6.08. The zero-order valence-corrected chi connectivity index (χ0v) is 12.3. The second kappa shape index (κ2) is 6.20. The molecular formula is C16H24N2O2. The molecule has 0 saturated carbocycles. The van der Waals surface area contributed by atoms with E-state index < -0.39 is 0 Å². The summed E-state index contributed by atoms with van der Waals surface area (Å²) in [6.07, 6.45) is 7.29. The van der Waals surface area contributed by atoms with E-state index in [0.29, 0.717) is 0 Å². The predicted molar refractivity (Wildman–Crippen MR) is 77.4 cm³/mol. The molecule has 0 N–H and O–H groups in total. The van der Waals surface area contributed by atoms with Crippen LogP contribution in [-0.2, 0) is 16.0 Å². The van der Waals surface area contributed by atoms with Gasteiger partial charge < -0.3 is 9.47 Å². The lowest BCUT2D eigenvalue weighted by atomic mass is 9.79. The lowest BCUT2D eigenvalue weighted by Crippen LogP contribution is -2.64. The molecule has 2 aliphatic heterocycles. The van der Waals surface area contributed by atoms with E-state index in [1.165, 1.54) is 24.8 Å². The predicted octanol–water partition coefficient (Wildman–Crippen LogP) is 2.10. The molecule has 0 amide bonds. The van der Waals surface area contributed by atoms with Crippen LogP contribution >= 0.6 is 0 Å². The first-order valence-corrected chi connectivity index (χ1v) is 7.54. The first-order valence-electron chi connectivity index (χ1n) is 7.54. The van der Waals surface area contributed by atoms with Gasteiger partial charge in [-0.25, -0.2) is 0 Å². The van der Waals surface area contributed by atoms with Crippen molar-refractivity contribution in [3.05, 3.63) is 30.1 Å². The number of nitrogens with zero attached hydrogens (tertiary/aromatic N) is 2. The third-order valence-electron chi connectivity index (χ3n) is 4.50. The largest absolute Gasteiger partial charge is 0.385 e. The Balaban J connectivity index is 1.48. The quantitative estimate of drug-likeness (QED) is 0.825. The van der Waals surface area contributed by atoms with Gasteiger partial charge in [0.15, 0.2) is 0 Å². The number of likely N-dealkylation sites (tertiary alicyclic amines) is 1. The van der Waals surface area contributed by atoms with Gasteiger partial charge >= 0.3 is 0 Å². The number of hydrogen-bond acceptors (Lipinski definition) is 4. The SMILES string of the molecule is COCCC1CCOC2(C1)CN(Cc1ccncc1)C2. The molecule has 1 atom stereocenters. The molecule has 110 valence electrons. The highest BCUT2D eigenvalue weighted by atomic mass is 16.5. The average molecular weight is 276 g/mol. The molecule has 0 bridgehead atoms. The van der Waals surface area contributed by atoms with E-state index in [1.807, 2.05) is 12.4 Å². The molecule has 4 nitrogen and oxygen atoms in total. The summed E-state index contributed by atoms with van der Waals surface area (Å²) in [4.78, 5) is 6.53. The molecule has 0 radical (unpaired) electrons. The van der Waals surface area contributed by atoms with Gasteiger partial charge in [-0.05, 0) is 42.9 Å². The van der Waals surface area contributed by atoms with E-state index in [0.717, 1.165) is 38.8 Å². The maximum atomic E-state index is 6.08. The highest BCUT2D eigenvalue weighted by Crippen LogP contribution is 2.38. The Labute approximate surface area is 121 Å². The molecule has 3 rings (SSSR count). The minimum atomic E-state index is 0.129. The summed E-state index contributed by atoms with van der Waals surface area (Å²) < 4.78 is 11.3. The van der Waals surface area contributed by atoms with Gasteiger partial charge in [0.2, 0.25) is 0 Å². The van der Waals surface area contributed by atoms with Crippen molar-refractivity contribution in [2.75, 3.05) is 33.4 Å². The Morgan fingerprint density at radius 3 is 2.95 bits per heavy atom. The third kappa shape index (κ3) is 3.19. The maximum Gasteiger partial charge on any atom is 0.0937 e. The fraction of sp³-hybridized carbons (Fsp3) is 0.688. The number of pyridine rings is 1. The summed E-state index contributed by atoms with van der Waals surface area (Å²) in [5.74, 6) is 0.770. The van der Waals surface area contributed by atoms with E-state index >= 15 is 0 Å². The van der Waals surface area contributed by atoms with Gasteiger partial charge in [-0.2, -0.15) is 0 Å². The van der Waals surface area contributed by atoms with Crippen LogP contribution in [0.2, 0.25) is 0 Å². The Hall–Kier alpha value is -0.970. The molecular weight excluding hydrogens is 252 g/mol. The smallest absolute Gasteiger partial charge is 0.0937 e. The lowest BCUT2D eigenvalue weighted by Gasteiger charge is -2.53. The zero-order valence-electron chi connectivity index (χ0n) is 12.3. The molecule has 20 heavy (non-hydrogen) atoms. The van der Waals surface area contributed by atoms with E-state index in [9.17, 15) is 0 Å². The molecule has 1 aromatic rings. The first-order chi connectivity index (χ1) is 9.80. The molecule has 1 unspecified atom stereocenters. The monoisotopic (exact) mass is 276 g/mol. The van der Waals surface area contributed by atoms with E-state index in [4.69, 9.17) is 9.47 Å². The van der Waals surface area contributed by atoms with Gasteiger partial charge in [-0.3, -0.25) is 9.88 Å². The van der Waals surface area contributed by atoms with Gasteiger partial charge in [0, 0.05) is 52.4 Å². The normalized spacial score (nSPS) is 25.6. The van der Waals surface area contributed by atoms with E-state index in [1.54, 1.807) is 7.11 Å². The minimum Gasteiger partial charge on any atom is -0.385 e. The van der Waals surface area contributed by atoms with Crippen molar-refractivity contribution in [1.82, 2.24) is 9.88 Å². The van der Waals surface area contributed by atoms with Gasteiger partial charge in [-0.15, -0.1) is 0 Å². The van der Waals surface area contributed by atoms with Crippen LogP contribution in [0.3, 0.4) is 0 Å². The Bertz CT molecular complexity index is 418. The molecule has 2 aliphatic rings. The van der Waals surface area contributed by atoms with Crippen molar-refractivity contribution in [2.45, 2.75) is 31.4 Å². The zero-order chi connectivity index (χ0) is 13.8. The van der Waals surface area contributed by atoms with Crippen LogP contribution < -0.4 is 0 Å². The molecule has 0 aliphatic carbocycles. The van der Waals surface area contributed by atoms with Crippen LogP contribution in [0, 0.1) is 5.92 Å². The van der Waals surface area contributed by atoms with Gasteiger partial charge in [-0.1, -0.05) is 0 Å². The van der Waals surface area contributed by atoms with Gasteiger partial charge in [0.1, 0.15) is 0 Å². The highest BCUT2D eigenvalue weighted by molar-refractivity contribution is 5.12. The van der Waals surface area contributed by atoms with Crippen LogP contribution in [0.15, 0.2) is 24.5 Å². The average Bonchev–Trinajstić information content (AvgIpc) is 2.45. The summed E-state index contributed by atoms with van der Waals surface area (Å²) in [7, 11) is 1.79. The van der Waals surface area contributed by atoms with Crippen LogP contribution in [0.5, 0.6) is 0 Å². The van der Waals surface area contributed by atoms with Crippen molar-refractivity contribution in [3.63, 3.8) is 0 Å². The molecule has 3 heterocycles. The topological polar surface area (TPSA) is 34.6 Å². The molecule has 1 aromatic heterocycles. The number of ether oxygens (including phenoxy) is 2. The molecule has 4 heteroatoms. The molecule has 2 saturated heterocycles. The summed E-state index contributed by atoms with van der Waals surface area (Å²) in [5.41, 5.74) is 1.46. The standard InChI is InChI=1S/C16H24N2O2/c1-19-8-4-14-5-9-20-16(10-14)12-18(13-16)11-15-2-6-17-7-3-15/h2-3,6-7,14H,4-5,8-13H2,1H3. The molecule has 0 aromatic carbocycles. The number of aromatic nitrogens is 1. The molecule has 2 fully saturated rings. The highest BCUT2D eigenvalue weighted by Gasteiger charge is 2.46. The summed E-state index contributed by atoms with van der Waals surface area (Å²) in [5, 5.41) is 0. The lowest BCUT2D eigenvalue weighted by molar-refractivity contribution is -0.182. The summed E-state index contributed by atoms with van der Waals surface area (Å²) in [6, 6.07) is 4.18. The van der Waals surface area contributed by atoms with Crippen LogP contribution in [0.4, 0.5) is 0 Å². The van der Waals surface area contributed by atoms with Crippen molar-refractivity contribution in [2.24, 2.45) is 5.92 Å².